The van der Waals surface area contributed by atoms with E-state index in [-0.39, 0.29) is 0 Å². The molecule has 1 aromatic heterocycles. The predicted octanol–water partition coefficient (Wildman–Crippen LogP) is 7.69. The maximum atomic E-state index is 14.5. The van der Waals surface area contributed by atoms with Crippen molar-refractivity contribution in [3.8, 4) is 17.1 Å². The molecule has 29 heavy (non-hydrogen) atoms. The Kier molecular flexibility index (Phi) is 10.1. The van der Waals surface area contributed by atoms with Gasteiger partial charge in [0, 0.05) is 31.3 Å². The third kappa shape index (κ3) is 8.93. The van der Waals surface area contributed by atoms with E-state index in [0.29, 0.717) is 18.0 Å². The second-order valence-electron chi connectivity index (χ2n) is 8.12. The van der Waals surface area contributed by atoms with Crippen LogP contribution in [-0.4, -0.2) is 15.8 Å². The number of hydrogen-bond acceptors (Lipinski definition) is 3. The molecule has 1 unspecified atom stereocenters. The van der Waals surface area contributed by atoms with E-state index < -0.39 is 5.85 Å². The van der Waals surface area contributed by atoms with E-state index >= 15 is 0 Å². The van der Waals surface area contributed by atoms with Crippen LogP contribution in [0.4, 0.5) is 4.39 Å². The number of ether oxygens (including phenoxy) is 1. The van der Waals surface area contributed by atoms with E-state index in [2.05, 4.69) is 23.8 Å². The first-order chi connectivity index (χ1) is 14.0. The molecule has 0 aliphatic carbocycles. The van der Waals surface area contributed by atoms with Crippen molar-refractivity contribution in [1.29, 1.82) is 0 Å². The highest BCUT2D eigenvalue weighted by atomic mass is 19.2. The Labute approximate surface area is 176 Å². The van der Waals surface area contributed by atoms with Crippen molar-refractivity contribution in [3.63, 3.8) is 0 Å². The average Bonchev–Trinajstić information content (AvgIpc) is 2.71. The van der Waals surface area contributed by atoms with E-state index in [9.17, 15) is 4.39 Å². The highest BCUT2D eigenvalue weighted by Crippen LogP contribution is 2.27. The van der Waals surface area contributed by atoms with Gasteiger partial charge in [-0.15, -0.1) is 0 Å². The van der Waals surface area contributed by atoms with Crippen molar-refractivity contribution in [2.75, 3.05) is 0 Å². The number of unbranched alkanes of at least 4 members (excludes halogenated alkanes) is 7. The highest BCUT2D eigenvalue weighted by molar-refractivity contribution is 5.55. The van der Waals surface area contributed by atoms with Crippen LogP contribution in [0.5, 0.6) is 5.75 Å². The molecule has 4 heteroatoms. The monoisotopic (exact) mass is 400 g/mol. The number of hydrogen-bond donors (Lipinski definition) is 0. The van der Waals surface area contributed by atoms with Crippen LogP contribution in [0.15, 0.2) is 36.7 Å². The first kappa shape index (κ1) is 23.3. The van der Waals surface area contributed by atoms with Gasteiger partial charge in [-0.25, -0.2) is 9.97 Å². The zero-order chi connectivity index (χ0) is 21.0. The zero-order valence-electron chi connectivity index (χ0n) is 18.4. The SMILES string of the molecule is CCCCCCCCc1cnc(-c2ccc(OC(C)(F)CCCCC)cc2)nc1. The number of aryl methyl sites for hydroxylation is 1. The lowest BCUT2D eigenvalue weighted by Gasteiger charge is -2.22. The molecule has 2 aromatic rings. The highest BCUT2D eigenvalue weighted by Gasteiger charge is 2.24. The number of halogens is 1. The Morgan fingerprint density at radius 1 is 0.828 bits per heavy atom. The number of nitrogens with zero attached hydrogens (tertiary/aromatic N) is 2. The van der Waals surface area contributed by atoms with Crippen LogP contribution in [0.25, 0.3) is 11.4 Å². The number of benzene rings is 1. The van der Waals surface area contributed by atoms with Crippen molar-refractivity contribution >= 4 is 0 Å². The first-order valence-corrected chi connectivity index (χ1v) is 11.3. The summed E-state index contributed by atoms with van der Waals surface area (Å²) in [6.07, 6.45) is 16.0. The average molecular weight is 401 g/mol. The molecule has 1 heterocycles. The molecule has 0 aliphatic rings. The Morgan fingerprint density at radius 3 is 2.07 bits per heavy atom. The van der Waals surface area contributed by atoms with E-state index in [1.54, 1.807) is 12.1 Å². The van der Waals surface area contributed by atoms with Gasteiger partial charge in [0.2, 0.25) is 5.85 Å². The summed E-state index contributed by atoms with van der Waals surface area (Å²) in [6, 6.07) is 7.36. The second kappa shape index (κ2) is 12.6. The summed E-state index contributed by atoms with van der Waals surface area (Å²) < 4.78 is 20.0. The van der Waals surface area contributed by atoms with Gasteiger partial charge in [-0.3, -0.25) is 0 Å². The standard InChI is InChI=1S/C25H37FN2O/c1-4-6-8-9-10-11-13-21-19-27-24(28-20-21)22-14-16-23(17-15-22)29-25(3,26)18-12-7-5-2/h14-17,19-20H,4-13,18H2,1-3H3. The molecule has 0 fully saturated rings. The fraction of sp³-hybridized carbons (Fsp3) is 0.600. The topological polar surface area (TPSA) is 35.0 Å². The van der Waals surface area contributed by atoms with Crippen molar-refractivity contribution in [2.24, 2.45) is 0 Å². The third-order valence-electron chi connectivity index (χ3n) is 5.19. The molecule has 0 aliphatic heterocycles. The lowest BCUT2D eigenvalue weighted by Crippen LogP contribution is -2.26. The number of rotatable bonds is 14. The summed E-state index contributed by atoms with van der Waals surface area (Å²) in [6.45, 7) is 5.85. The van der Waals surface area contributed by atoms with Gasteiger partial charge in [0.15, 0.2) is 5.82 Å². The summed E-state index contributed by atoms with van der Waals surface area (Å²) in [7, 11) is 0. The van der Waals surface area contributed by atoms with Crippen LogP contribution in [0, 0.1) is 0 Å². The second-order valence-corrected chi connectivity index (χ2v) is 8.12. The quantitative estimate of drug-likeness (QED) is 0.305. The zero-order valence-corrected chi connectivity index (χ0v) is 18.4. The molecule has 3 nitrogen and oxygen atoms in total. The number of alkyl halides is 1. The molecule has 0 saturated heterocycles. The molecule has 0 N–H and O–H groups in total. The minimum atomic E-state index is -1.63. The van der Waals surface area contributed by atoms with Gasteiger partial charge in [0.05, 0.1) is 0 Å². The van der Waals surface area contributed by atoms with Gasteiger partial charge in [-0.1, -0.05) is 58.8 Å². The summed E-state index contributed by atoms with van der Waals surface area (Å²) >= 11 is 0. The normalized spacial score (nSPS) is 13.2. The molecular weight excluding hydrogens is 363 g/mol. The Morgan fingerprint density at radius 2 is 1.41 bits per heavy atom. The number of aromatic nitrogens is 2. The smallest absolute Gasteiger partial charge is 0.245 e. The van der Waals surface area contributed by atoms with Crippen LogP contribution in [0.3, 0.4) is 0 Å². The molecule has 0 spiro atoms. The van der Waals surface area contributed by atoms with Crippen LogP contribution in [0.1, 0.15) is 90.5 Å². The molecule has 0 amide bonds. The Balaban J connectivity index is 1.83. The summed E-state index contributed by atoms with van der Waals surface area (Å²) in [4.78, 5) is 9.01. The van der Waals surface area contributed by atoms with E-state index in [1.165, 1.54) is 51.0 Å². The molecule has 1 atom stereocenters. The lowest BCUT2D eigenvalue weighted by atomic mass is 10.1. The van der Waals surface area contributed by atoms with Crippen molar-refractivity contribution in [3.05, 3.63) is 42.2 Å². The molecule has 1 aromatic carbocycles. The van der Waals surface area contributed by atoms with Crippen LogP contribution < -0.4 is 4.74 Å². The van der Waals surface area contributed by atoms with E-state index in [0.717, 1.165) is 31.2 Å². The molecule has 0 bridgehead atoms. The fourth-order valence-corrected chi connectivity index (χ4v) is 3.40. The maximum absolute atomic E-state index is 14.5. The Bertz CT molecular complexity index is 683. The van der Waals surface area contributed by atoms with Crippen molar-refractivity contribution in [2.45, 2.75) is 97.3 Å². The van der Waals surface area contributed by atoms with Gasteiger partial charge in [-0.2, -0.15) is 4.39 Å². The summed E-state index contributed by atoms with van der Waals surface area (Å²) in [5.41, 5.74) is 2.10. The molecule has 160 valence electrons. The predicted molar refractivity (Wildman–Crippen MR) is 119 cm³/mol. The molecule has 0 saturated carbocycles. The summed E-state index contributed by atoms with van der Waals surface area (Å²) in [5, 5.41) is 0. The van der Waals surface area contributed by atoms with Crippen LogP contribution in [-0.2, 0) is 6.42 Å². The van der Waals surface area contributed by atoms with E-state index in [4.69, 9.17) is 4.74 Å². The first-order valence-electron chi connectivity index (χ1n) is 11.3. The fourth-order valence-electron chi connectivity index (χ4n) is 3.40. The Hall–Kier alpha value is -1.97. The van der Waals surface area contributed by atoms with E-state index in [1.807, 2.05) is 24.5 Å². The maximum Gasteiger partial charge on any atom is 0.245 e. The molecule has 0 radical (unpaired) electrons. The van der Waals surface area contributed by atoms with Crippen LogP contribution in [0.2, 0.25) is 0 Å². The van der Waals surface area contributed by atoms with Gasteiger partial charge in [-0.05, 0) is 49.1 Å². The van der Waals surface area contributed by atoms with Crippen LogP contribution >= 0.6 is 0 Å². The van der Waals surface area contributed by atoms with Gasteiger partial charge in [0.1, 0.15) is 5.75 Å². The lowest BCUT2D eigenvalue weighted by molar-refractivity contribution is -0.0529. The minimum absolute atomic E-state index is 0.409. The summed E-state index contributed by atoms with van der Waals surface area (Å²) in [5.74, 6) is -0.407. The van der Waals surface area contributed by atoms with Crippen molar-refractivity contribution in [1.82, 2.24) is 9.97 Å². The van der Waals surface area contributed by atoms with Gasteiger partial charge < -0.3 is 4.74 Å². The molecule has 2 rings (SSSR count). The molecular formula is C25H37FN2O. The van der Waals surface area contributed by atoms with Crippen molar-refractivity contribution < 1.29 is 9.13 Å². The largest absolute Gasteiger partial charge is 0.458 e. The van der Waals surface area contributed by atoms with Gasteiger partial charge >= 0.3 is 0 Å². The minimum Gasteiger partial charge on any atom is -0.458 e. The van der Waals surface area contributed by atoms with Gasteiger partial charge in [0.25, 0.3) is 0 Å². The third-order valence-corrected chi connectivity index (χ3v) is 5.19.